The molecule has 24 heavy (non-hydrogen) atoms. The van der Waals surface area contributed by atoms with Gasteiger partial charge in [-0.05, 0) is 38.1 Å². The average molecular weight is 353 g/mol. The lowest BCUT2D eigenvalue weighted by atomic mass is 9.98. The van der Waals surface area contributed by atoms with Crippen molar-refractivity contribution in [2.45, 2.75) is 57.9 Å². The first kappa shape index (κ1) is 17.8. The van der Waals surface area contributed by atoms with Gasteiger partial charge in [-0.1, -0.05) is 32.1 Å². The summed E-state index contributed by atoms with van der Waals surface area (Å²) in [6.07, 6.45) is 4.23. The van der Waals surface area contributed by atoms with E-state index in [9.17, 15) is 4.79 Å². The third kappa shape index (κ3) is 4.32. The van der Waals surface area contributed by atoms with Gasteiger partial charge in [0.15, 0.2) is 0 Å². The van der Waals surface area contributed by atoms with Gasteiger partial charge in [0.2, 0.25) is 11.0 Å². The van der Waals surface area contributed by atoms with E-state index in [1.54, 1.807) is 0 Å². The van der Waals surface area contributed by atoms with Crippen molar-refractivity contribution in [3.63, 3.8) is 0 Å². The average Bonchev–Trinajstić information content (AvgIpc) is 3.17. The maximum atomic E-state index is 12.7. The second-order valence-electron chi connectivity index (χ2n) is 7.86. The Kier molecular flexibility index (Phi) is 5.52. The van der Waals surface area contributed by atoms with Crippen LogP contribution in [0.5, 0.6) is 0 Å². The number of carbonyl (C=O) groups excluding carboxylic acids is 1. The zero-order valence-corrected chi connectivity index (χ0v) is 15.7. The van der Waals surface area contributed by atoms with Crippen LogP contribution < -0.4 is 5.32 Å². The van der Waals surface area contributed by atoms with Crippen LogP contribution in [-0.2, 0) is 14.9 Å². The lowest BCUT2D eigenvalue weighted by Crippen LogP contribution is -2.42. The molecule has 1 N–H and O–H groups in total. The minimum Gasteiger partial charge on any atom is -0.381 e. The van der Waals surface area contributed by atoms with E-state index in [0.717, 1.165) is 57.0 Å². The predicted molar refractivity (Wildman–Crippen MR) is 95.4 cm³/mol. The van der Waals surface area contributed by atoms with Crippen molar-refractivity contribution in [1.29, 1.82) is 0 Å². The van der Waals surface area contributed by atoms with Crippen LogP contribution in [0.2, 0.25) is 0 Å². The van der Waals surface area contributed by atoms with Gasteiger partial charge in [-0.3, -0.25) is 15.0 Å². The number of carbonyl (C=O) groups is 1. The fraction of sp³-hybridized carbons (Fsp3) is 0.824. The zero-order valence-electron chi connectivity index (χ0n) is 14.9. The topological polar surface area (TPSA) is 67.4 Å². The Balaban J connectivity index is 1.58. The molecule has 1 unspecified atom stereocenters. The van der Waals surface area contributed by atoms with E-state index >= 15 is 0 Å². The van der Waals surface area contributed by atoms with Crippen LogP contribution in [0.1, 0.15) is 51.5 Å². The summed E-state index contributed by atoms with van der Waals surface area (Å²) >= 11 is 1.47. The molecule has 7 heteroatoms. The minimum atomic E-state index is -0.0386. The van der Waals surface area contributed by atoms with E-state index in [1.165, 1.54) is 11.3 Å². The summed E-state index contributed by atoms with van der Waals surface area (Å²) in [5.41, 5.74) is -0.0386. The van der Waals surface area contributed by atoms with Crippen molar-refractivity contribution in [2.75, 3.05) is 31.6 Å². The van der Waals surface area contributed by atoms with Crippen molar-refractivity contribution < 1.29 is 9.53 Å². The summed E-state index contributed by atoms with van der Waals surface area (Å²) in [6, 6.07) is -0.0326. The number of hydrogen-bond donors (Lipinski definition) is 1. The van der Waals surface area contributed by atoms with Crippen LogP contribution >= 0.6 is 11.3 Å². The smallest absolute Gasteiger partial charge is 0.243 e. The molecule has 0 radical (unpaired) electrons. The fourth-order valence-corrected chi connectivity index (χ4v) is 4.17. The van der Waals surface area contributed by atoms with E-state index in [2.05, 4.69) is 41.2 Å². The Morgan fingerprint density at radius 2 is 2.04 bits per heavy atom. The highest BCUT2D eigenvalue weighted by molar-refractivity contribution is 7.15. The predicted octanol–water partition coefficient (Wildman–Crippen LogP) is 2.67. The van der Waals surface area contributed by atoms with Crippen molar-refractivity contribution >= 4 is 22.4 Å². The maximum Gasteiger partial charge on any atom is 0.243 e. The van der Waals surface area contributed by atoms with Gasteiger partial charge in [0, 0.05) is 25.2 Å². The third-order valence-corrected chi connectivity index (χ3v) is 6.06. The van der Waals surface area contributed by atoms with Gasteiger partial charge in [0.1, 0.15) is 5.01 Å². The summed E-state index contributed by atoms with van der Waals surface area (Å²) in [6.45, 7) is 10.0. The molecule has 0 aliphatic carbocycles. The molecule has 2 saturated heterocycles. The Morgan fingerprint density at radius 3 is 2.71 bits per heavy atom. The number of nitrogens with one attached hydrogen (secondary N) is 1. The monoisotopic (exact) mass is 352 g/mol. The van der Waals surface area contributed by atoms with Gasteiger partial charge in [-0.15, -0.1) is 10.2 Å². The molecule has 2 aliphatic heterocycles. The number of ether oxygens (including phenoxy) is 1. The van der Waals surface area contributed by atoms with Crippen LogP contribution in [0.4, 0.5) is 5.13 Å². The highest BCUT2D eigenvalue weighted by Crippen LogP contribution is 2.29. The first-order chi connectivity index (χ1) is 11.4. The number of hydrogen-bond acceptors (Lipinski definition) is 6. The molecular weight excluding hydrogens is 324 g/mol. The Labute approximate surface area is 148 Å². The first-order valence-electron chi connectivity index (χ1n) is 8.90. The van der Waals surface area contributed by atoms with Crippen LogP contribution in [0, 0.1) is 5.92 Å². The first-order valence-corrected chi connectivity index (χ1v) is 9.72. The molecule has 3 heterocycles. The van der Waals surface area contributed by atoms with E-state index in [-0.39, 0.29) is 17.4 Å². The Morgan fingerprint density at radius 1 is 1.29 bits per heavy atom. The fourth-order valence-electron chi connectivity index (χ4n) is 3.37. The molecule has 0 spiro atoms. The molecule has 1 aromatic heterocycles. The molecule has 0 saturated carbocycles. The summed E-state index contributed by atoms with van der Waals surface area (Å²) in [7, 11) is 0. The molecular formula is C17H28N4O2S. The number of amides is 1. The highest BCUT2D eigenvalue weighted by atomic mass is 32.1. The Hall–Kier alpha value is -1.05. The summed E-state index contributed by atoms with van der Waals surface area (Å²) in [5, 5.41) is 12.9. The van der Waals surface area contributed by atoms with E-state index < -0.39 is 0 Å². The van der Waals surface area contributed by atoms with Gasteiger partial charge in [0.25, 0.3) is 0 Å². The Bertz CT molecular complexity index is 563. The van der Waals surface area contributed by atoms with Crippen molar-refractivity contribution in [2.24, 2.45) is 5.92 Å². The SMILES string of the molecule is CC(C)(C)c1nnc(NC(=O)C2CCCN2CC2CCOCC2)s1. The third-order valence-electron chi connectivity index (χ3n) is 4.80. The molecule has 0 aromatic carbocycles. The second kappa shape index (κ2) is 7.45. The summed E-state index contributed by atoms with van der Waals surface area (Å²) in [5.74, 6) is 0.720. The van der Waals surface area contributed by atoms with Gasteiger partial charge >= 0.3 is 0 Å². The molecule has 6 nitrogen and oxygen atoms in total. The molecule has 1 amide bonds. The number of rotatable bonds is 4. The van der Waals surface area contributed by atoms with Gasteiger partial charge in [-0.2, -0.15) is 0 Å². The van der Waals surface area contributed by atoms with E-state index in [1.807, 2.05) is 0 Å². The van der Waals surface area contributed by atoms with Crippen LogP contribution in [0.25, 0.3) is 0 Å². The van der Waals surface area contributed by atoms with Crippen molar-refractivity contribution in [3.8, 4) is 0 Å². The van der Waals surface area contributed by atoms with E-state index in [0.29, 0.717) is 11.0 Å². The lowest BCUT2D eigenvalue weighted by Gasteiger charge is -2.30. The molecule has 1 aromatic rings. The van der Waals surface area contributed by atoms with Gasteiger partial charge in [0.05, 0.1) is 6.04 Å². The van der Waals surface area contributed by atoms with E-state index in [4.69, 9.17) is 4.74 Å². The van der Waals surface area contributed by atoms with Crippen LogP contribution in [-0.4, -0.2) is 53.3 Å². The number of likely N-dealkylation sites (tertiary alicyclic amines) is 1. The van der Waals surface area contributed by atoms with Crippen LogP contribution in [0.3, 0.4) is 0 Å². The van der Waals surface area contributed by atoms with Crippen LogP contribution in [0.15, 0.2) is 0 Å². The standard InChI is InChI=1S/C17H28N4O2S/c1-17(2,3)15-19-20-16(24-15)18-14(22)13-5-4-8-21(13)11-12-6-9-23-10-7-12/h12-13H,4-11H2,1-3H3,(H,18,20,22). The number of aromatic nitrogens is 2. The molecule has 2 aliphatic rings. The molecule has 0 bridgehead atoms. The maximum absolute atomic E-state index is 12.7. The lowest BCUT2D eigenvalue weighted by molar-refractivity contribution is -0.120. The number of anilines is 1. The zero-order chi connectivity index (χ0) is 17.2. The molecule has 2 fully saturated rings. The summed E-state index contributed by atoms with van der Waals surface area (Å²) < 4.78 is 5.44. The largest absolute Gasteiger partial charge is 0.381 e. The number of nitrogens with zero attached hydrogens (tertiary/aromatic N) is 3. The second-order valence-corrected chi connectivity index (χ2v) is 8.84. The minimum absolute atomic E-state index is 0.0326. The van der Waals surface area contributed by atoms with Crippen molar-refractivity contribution in [3.05, 3.63) is 5.01 Å². The quantitative estimate of drug-likeness (QED) is 0.902. The van der Waals surface area contributed by atoms with Gasteiger partial charge < -0.3 is 4.74 Å². The van der Waals surface area contributed by atoms with Gasteiger partial charge in [-0.25, -0.2) is 0 Å². The molecule has 3 rings (SSSR count). The highest BCUT2D eigenvalue weighted by Gasteiger charge is 2.33. The molecule has 134 valence electrons. The summed E-state index contributed by atoms with van der Waals surface area (Å²) in [4.78, 5) is 15.0. The van der Waals surface area contributed by atoms with Crippen molar-refractivity contribution in [1.82, 2.24) is 15.1 Å². The normalized spacial score (nSPS) is 23.5. The molecule has 1 atom stereocenters.